The Hall–Kier alpha value is -0.765. The smallest absolute Gasteiger partial charge is 0.212 e. The molecule has 1 N–H and O–H groups in total. The van der Waals surface area contributed by atoms with Crippen LogP contribution in [-0.4, -0.2) is 32.9 Å². The molecule has 0 saturated carbocycles. The highest BCUT2D eigenvalue weighted by Gasteiger charge is 2.17. The maximum atomic E-state index is 11.3. The van der Waals surface area contributed by atoms with E-state index in [0.29, 0.717) is 18.8 Å². The second-order valence-electron chi connectivity index (χ2n) is 4.48. The molecule has 0 aliphatic carbocycles. The van der Waals surface area contributed by atoms with Crippen LogP contribution in [0.1, 0.15) is 26.7 Å². The first-order chi connectivity index (χ1) is 8.04. The summed E-state index contributed by atoms with van der Waals surface area (Å²) >= 11 is 0. The van der Waals surface area contributed by atoms with Gasteiger partial charge in [0.15, 0.2) is 0 Å². The van der Waals surface area contributed by atoms with E-state index >= 15 is 0 Å². The van der Waals surface area contributed by atoms with Gasteiger partial charge in [0.1, 0.15) is 7.28 Å². The number of hydrogen-bond acceptors (Lipinski definition) is 2. The van der Waals surface area contributed by atoms with Crippen molar-refractivity contribution in [1.29, 1.82) is 0 Å². The lowest BCUT2D eigenvalue weighted by Gasteiger charge is -2.23. The average Bonchev–Trinajstić information content (AvgIpc) is 2.32. The predicted molar refractivity (Wildman–Crippen MR) is 73.4 cm³/mol. The number of hydrogen-bond donors (Lipinski definition) is 1. The Morgan fingerprint density at radius 3 is 2.65 bits per heavy atom. The Labute approximate surface area is 106 Å². The number of amides is 1. The Bertz CT molecular complexity index is 244. The Kier molecular flexibility index (Phi) is 8.87. The number of methoxy groups -OCH3 is 1. The van der Waals surface area contributed by atoms with Crippen molar-refractivity contribution in [3.8, 4) is 0 Å². The molecular weight excluding hydrogens is 213 g/mol. The van der Waals surface area contributed by atoms with E-state index in [1.165, 1.54) is 5.57 Å². The van der Waals surface area contributed by atoms with Crippen molar-refractivity contribution in [2.24, 2.45) is 5.92 Å². The minimum atomic E-state index is 0.0727. The molecule has 0 spiro atoms. The Balaban J connectivity index is 4.03. The summed E-state index contributed by atoms with van der Waals surface area (Å²) in [6.45, 7) is 10.7. The highest BCUT2D eigenvalue weighted by molar-refractivity contribution is 6.39. The molecule has 3 nitrogen and oxygen atoms in total. The number of carbonyl (C=O) groups excluding carboxylic acids is 1. The SMILES string of the molecule is C=C(CC)CC(OC)C(C)CNC(=O)C[B]C. The maximum Gasteiger partial charge on any atom is 0.212 e. The van der Waals surface area contributed by atoms with Gasteiger partial charge in [-0.2, -0.15) is 0 Å². The molecule has 0 aliphatic rings. The topological polar surface area (TPSA) is 38.3 Å². The van der Waals surface area contributed by atoms with Crippen LogP contribution in [0.15, 0.2) is 12.2 Å². The summed E-state index contributed by atoms with van der Waals surface area (Å²) in [5.41, 5.74) is 1.19. The van der Waals surface area contributed by atoms with E-state index in [0.717, 1.165) is 12.8 Å². The molecule has 0 saturated heterocycles. The molecule has 0 aliphatic heterocycles. The molecule has 0 aromatic carbocycles. The quantitative estimate of drug-likeness (QED) is 0.494. The fourth-order valence-corrected chi connectivity index (χ4v) is 1.61. The molecule has 4 heteroatoms. The van der Waals surface area contributed by atoms with Crippen LogP contribution in [-0.2, 0) is 9.53 Å². The third-order valence-corrected chi connectivity index (χ3v) is 2.94. The van der Waals surface area contributed by atoms with Gasteiger partial charge in [-0.15, -0.1) is 0 Å². The Morgan fingerprint density at radius 1 is 1.53 bits per heavy atom. The summed E-state index contributed by atoms with van der Waals surface area (Å²) in [5.74, 6) is 0.368. The third kappa shape index (κ3) is 7.21. The highest BCUT2D eigenvalue weighted by Crippen LogP contribution is 2.16. The van der Waals surface area contributed by atoms with Crippen molar-refractivity contribution in [2.45, 2.75) is 45.9 Å². The Morgan fingerprint density at radius 2 is 2.18 bits per heavy atom. The van der Waals surface area contributed by atoms with Crippen molar-refractivity contribution in [3.05, 3.63) is 12.2 Å². The minimum Gasteiger partial charge on any atom is -0.381 e. The molecular formula is C13H25BNO2. The normalized spacial score (nSPS) is 13.9. The van der Waals surface area contributed by atoms with Crippen LogP contribution in [0.4, 0.5) is 0 Å². The zero-order valence-electron chi connectivity index (χ0n) is 11.6. The number of rotatable bonds is 9. The van der Waals surface area contributed by atoms with E-state index in [9.17, 15) is 4.79 Å². The van der Waals surface area contributed by atoms with Crippen molar-refractivity contribution < 1.29 is 9.53 Å². The van der Waals surface area contributed by atoms with Gasteiger partial charge in [0, 0.05) is 13.7 Å². The summed E-state index contributed by atoms with van der Waals surface area (Å²) in [7, 11) is 3.57. The van der Waals surface area contributed by atoms with Crippen LogP contribution in [0, 0.1) is 5.92 Å². The van der Waals surface area contributed by atoms with E-state index in [2.05, 4.69) is 25.7 Å². The fourth-order valence-electron chi connectivity index (χ4n) is 1.61. The van der Waals surface area contributed by atoms with E-state index in [4.69, 9.17) is 4.74 Å². The van der Waals surface area contributed by atoms with Crippen molar-refractivity contribution >= 4 is 13.2 Å². The van der Waals surface area contributed by atoms with Crippen molar-refractivity contribution in [2.75, 3.05) is 13.7 Å². The summed E-state index contributed by atoms with van der Waals surface area (Å²) < 4.78 is 5.46. The maximum absolute atomic E-state index is 11.3. The largest absolute Gasteiger partial charge is 0.381 e. The summed E-state index contributed by atoms with van der Waals surface area (Å²) in [4.78, 5) is 11.3. The van der Waals surface area contributed by atoms with Gasteiger partial charge in [0.25, 0.3) is 0 Å². The zero-order valence-corrected chi connectivity index (χ0v) is 11.6. The molecule has 0 bridgehead atoms. The predicted octanol–water partition coefficient (Wildman–Crippen LogP) is 2.28. The van der Waals surface area contributed by atoms with Gasteiger partial charge >= 0.3 is 0 Å². The monoisotopic (exact) mass is 238 g/mol. The van der Waals surface area contributed by atoms with E-state index in [-0.39, 0.29) is 12.0 Å². The first kappa shape index (κ1) is 16.2. The molecule has 0 rings (SSSR count). The van der Waals surface area contributed by atoms with Crippen LogP contribution in [0.25, 0.3) is 0 Å². The van der Waals surface area contributed by atoms with Gasteiger partial charge in [-0.25, -0.2) is 0 Å². The number of nitrogens with one attached hydrogen (secondary N) is 1. The van der Waals surface area contributed by atoms with Gasteiger partial charge in [-0.3, -0.25) is 4.79 Å². The van der Waals surface area contributed by atoms with Gasteiger partial charge in [0.2, 0.25) is 5.91 Å². The van der Waals surface area contributed by atoms with E-state index in [1.54, 1.807) is 7.11 Å². The van der Waals surface area contributed by atoms with Crippen LogP contribution in [0.3, 0.4) is 0 Å². The molecule has 2 unspecified atom stereocenters. The minimum absolute atomic E-state index is 0.0727. The van der Waals surface area contributed by atoms with Crippen LogP contribution >= 0.6 is 0 Å². The van der Waals surface area contributed by atoms with E-state index < -0.39 is 0 Å². The van der Waals surface area contributed by atoms with Gasteiger partial charge in [-0.05, 0) is 25.1 Å². The summed E-state index contributed by atoms with van der Waals surface area (Å²) in [6.07, 6.45) is 2.45. The van der Waals surface area contributed by atoms with Gasteiger partial charge in [0.05, 0.1) is 6.10 Å². The lowest BCUT2D eigenvalue weighted by molar-refractivity contribution is -0.119. The van der Waals surface area contributed by atoms with Gasteiger partial charge < -0.3 is 10.1 Å². The van der Waals surface area contributed by atoms with Crippen molar-refractivity contribution in [3.63, 3.8) is 0 Å². The van der Waals surface area contributed by atoms with Crippen LogP contribution in [0.2, 0.25) is 13.1 Å². The molecule has 0 aromatic heterocycles. The fraction of sp³-hybridized carbons (Fsp3) is 0.769. The molecule has 0 aromatic rings. The highest BCUT2D eigenvalue weighted by atomic mass is 16.5. The standard InChI is InChI=1S/C13H25BNO2/c1-6-10(2)7-12(17-5)11(3)9-15-13(16)8-14-4/h11-12H,2,6-9H2,1,3-5H3,(H,15,16). The first-order valence-corrected chi connectivity index (χ1v) is 6.29. The van der Waals surface area contributed by atoms with Crippen LogP contribution in [0.5, 0.6) is 0 Å². The molecule has 97 valence electrons. The second-order valence-corrected chi connectivity index (χ2v) is 4.48. The van der Waals surface area contributed by atoms with Crippen molar-refractivity contribution in [1.82, 2.24) is 5.32 Å². The first-order valence-electron chi connectivity index (χ1n) is 6.29. The molecule has 0 heterocycles. The van der Waals surface area contributed by atoms with E-state index in [1.807, 2.05) is 14.1 Å². The molecule has 1 amide bonds. The molecule has 1 radical (unpaired) electrons. The summed E-state index contributed by atoms with van der Waals surface area (Å²) in [5, 5.41) is 2.91. The average molecular weight is 238 g/mol. The molecule has 2 atom stereocenters. The number of ether oxygens (including phenoxy) is 1. The third-order valence-electron chi connectivity index (χ3n) is 2.94. The second kappa shape index (κ2) is 9.28. The van der Waals surface area contributed by atoms with Crippen LogP contribution < -0.4 is 5.32 Å². The zero-order chi connectivity index (χ0) is 13.3. The van der Waals surface area contributed by atoms with Gasteiger partial charge in [-0.1, -0.05) is 32.8 Å². The summed E-state index contributed by atoms with van der Waals surface area (Å²) in [6, 6.07) is 0. The lowest BCUT2D eigenvalue weighted by Crippen LogP contribution is -2.34. The molecule has 0 fully saturated rings. The number of carbonyl (C=O) groups is 1. The lowest BCUT2D eigenvalue weighted by atomic mass is 9.78. The molecule has 17 heavy (non-hydrogen) atoms.